The quantitative estimate of drug-likeness (QED) is 0.477. The highest BCUT2D eigenvalue weighted by molar-refractivity contribution is 5.85. The number of carbonyl (C=O) groups is 3. The average Bonchev–Trinajstić information content (AvgIpc) is 2.34. The fraction of sp³-hybridized carbons (Fsp3) is 0.727. The maximum atomic E-state index is 11.8. The van der Waals surface area contributed by atoms with Gasteiger partial charge in [-0.2, -0.15) is 0 Å². The third kappa shape index (κ3) is 4.70. The van der Waals surface area contributed by atoms with Crippen LogP contribution in [0.2, 0.25) is 0 Å². The van der Waals surface area contributed by atoms with Crippen LogP contribution in [0.15, 0.2) is 0 Å². The lowest BCUT2D eigenvalue weighted by Gasteiger charge is -2.23. The summed E-state index contributed by atoms with van der Waals surface area (Å²) in [5.74, 6) is -2.20. The normalized spacial score (nSPS) is 21.0. The largest absolute Gasteiger partial charge is 0.480 e. The second kappa shape index (κ2) is 6.95. The summed E-state index contributed by atoms with van der Waals surface area (Å²) in [6.07, 6.45) is 1.62. The van der Waals surface area contributed by atoms with Crippen LogP contribution in [-0.4, -0.2) is 42.0 Å². The molecule has 1 saturated heterocycles. The van der Waals surface area contributed by atoms with Gasteiger partial charge in [0.15, 0.2) is 0 Å². The molecule has 7 nitrogen and oxygen atoms in total. The van der Waals surface area contributed by atoms with E-state index in [1.54, 1.807) is 0 Å². The number of nitrogens with one attached hydrogen (secondary N) is 2. The Balaban J connectivity index is 2.46. The molecule has 1 aliphatic rings. The van der Waals surface area contributed by atoms with Crippen LogP contribution >= 0.6 is 0 Å². The molecule has 0 spiro atoms. The van der Waals surface area contributed by atoms with Crippen LogP contribution in [0.25, 0.3) is 0 Å². The van der Waals surface area contributed by atoms with Crippen LogP contribution in [0.1, 0.15) is 25.7 Å². The van der Waals surface area contributed by atoms with Crippen LogP contribution < -0.4 is 16.4 Å². The Kier molecular flexibility index (Phi) is 5.57. The molecule has 5 N–H and O–H groups in total. The number of primary amides is 1. The fourth-order valence-electron chi connectivity index (χ4n) is 1.91. The number of rotatable bonds is 6. The zero-order valence-electron chi connectivity index (χ0n) is 10.1. The molecular formula is C11H19N3O4. The molecule has 102 valence electrons. The van der Waals surface area contributed by atoms with Crippen molar-refractivity contribution in [3.05, 3.63) is 0 Å². The van der Waals surface area contributed by atoms with Gasteiger partial charge >= 0.3 is 5.97 Å². The van der Waals surface area contributed by atoms with Crippen molar-refractivity contribution in [3.8, 4) is 0 Å². The summed E-state index contributed by atoms with van der Waals surface area (Å²) in [7, 11) is 0. The van der Waals surface area contributed by atoms with Gasteiger partial charge in [0, 0.05) is 13.0 Å². The van der Waals surface area contributed by atoms with Crippen molar-refractivity contribution in [2.75, 3.05) is 13.1 Å². The SMILES string of the molecule is NC(=O)CC[C@@H](NC(=O)C1CCCNC1)C(=O)O. The number of carbonyl (C=O) groups excluding carboxylic acids is 2. The van der Waals surface area contributed by atoms with E-state index in [2.05, 4.69) is 10.6 Å². The van der Waals surface area contributed by atoms with E-state index in [1.807, 2.05) is 0 Å². The van der Waals surface area contributed by atoms with Crippen LogP contribution in [-0.2, 0) is 14.4 Å². The Hall–Kier alpha value is -1.63. The van der Waals surface area contributed by atoms with E-state index in [0.717, 1.165) is 19.4 Å². The lowest BCUT2D eigenvalue weighted by Crippen LogP contribution is -2.47. The van der Waals surface area contributed by atoms with Gasteiger partial charge in [0.05, 0.1) is 5.92 Å². The maximum Gasteiger partial charge on any atom is 0.326 e. The van der Waals surface area contributed by atoms with Crippen LogP contribution in [0.3, 0.4) is 0 Å². The summed E-state index contributed by atoms with van der Waals surface area (Å²) in [6, 6.07) is -1.05. The van der Waals surface area contributed by atoms with E-state index in [4.69, 9.17) is 10.8 Å². The summed E-state index contributed by atoms with van der Waals surface area (Å²) in [6.45, 7) is 1.45. The molecule has 0 bridgehead atoms. The molecule has 1 rings (SSSR count). The zero-order valence-corrected chi connectivity index (χ0v) is 10.1. The molecule has 0 aromatic rings. The predicted molar refractivity (Wildman–Crippen MR) is 63.6 cm³/mol. The number of aliphatic carboxylic acids is 1. The van der Waals surface area contributed by atoms with Crippen molar-refractivity contribution in [1.29, 1.82) is 0 Å². The summed E-state index contributed by atoms with van der Waals surface area (Å²) in [5, 5.41) is 14.5. The summed E-state index contributed by atoms with van der Waals surface area (Å²) in [5.41, 5.74) is 4.96. The van der Waals surface area contributed by atoms with Gasteiger partial charge in [0.2, 0.25) is 11.8 Å². The molecule has 0 radical (unpaired) electrons. The maximum absolute atomic E-state index is 11.8. The number of piperidine rings is 1. The number of hydrogen-bond acceptors (Lipinski definition) is 4. The molecule has 1 heterocycles. The van der Waals surface area contributed by atoms with Gasteiger partial charge in [-0.3, -0.25) is 9.59 Å². The van der Waals surface area contributed by atoms with Crippen molar-refractivity contribution < 1.29 is 19.5 Å². The predicted octanol–water partition coefficient (Wildman–Crippen LogP) is -1.18. The molecule has 2 amide bonds. The highest BCUT2D eigenvalue weighted by Gasteiger charge is 2.26. The first-order valence-corrected chi connectivity index (χ1v) is 6.03. The molecule has 2 atom stereocenters. The lowest BCUT2D eigenvalue weighted by atomic mass is 9.98. The number of carboxylic acid groups (broad SMARTS) is 1. The number of hydrogen-bond donors (Lipinski definition) is 4. The molecule has 0 aliphatic carbocycles. The minimum atomic E-state index is -1.15. The number of nitrogens with two attached hydrogens (primary N) is 1. The topological polar surface area (TPSA) is 122 Å². The van der Waals surface area contributed by atoms with Gasteiger partial charge in [-0.1, -0.05) is 0 Å². The highest BCUT2D eigenvalue weighted by Crippen LogP contribution is 2.10. The highest BCUT2D eigenvalue weighted by atomic mass is 16.4. The zero-order chi connectivity index (χ0) is 13.5. The molecule has 1 unspecified atom stereocenters. The number of amides is 2. The Bertz CT molecular complexity index is 326. The summed E-state index contributed by atoms with van der Waals surface area (Å²) < 4.78 is 0. The van der Waals surface area contributed by atoms with Crippen molar-refractivity contribution in [1.82, 2.24) is 10.6 Å². The standard InChI is InChI=1S/C11H19N3O4/c12-9(15)4-3-8(11(17)18)14-10(16)7-2-1-5-13-6-7/h7-8,13H,1-6H2,(H2,12,15)(H,14,16)(H,17,18)/t7?,8-/m1/s1. The van der Waals surface area contributed by atoms with Gasteiger partial charge < -0.3 is 21.5 Å². The first-order chi connectivity index (χ1) is 8.50. The van der Waals surface area contributed by atoms with Crippen LogP contribution in [0.4, 0.5) is 0 Å². The first-order valence-electron chi connectivity index (χ1n) is 6.03. The third-order valence-electron chi connectivity index (χ3n) is 2.96. The molecule has 7 heteroatoms. The third-order valence-corrected chi connectivity index (χ3v) is 2.96. The van der Waals surface area contributed by atoms with Crippen LogP contribution in [0.5, 0.6) is 0 Å². The number of carboxylic acids is 1. The second-order valence-electron chi connectivity index (χ2n) is 4.45. The van der Waals surface area contributed by atoms with Crippen LogP contribution in [0, 0.1) is 5.92 Å². The Labute approximate surface area is 105 Å². The van der Waals surface area contributed by atoms with Crippen molar-refractivity contribution in [3.63, 3.8) is 0 Å². The van der Waals surface area contributed by atoms with E-state index in [-0.39, 0.29) is 24.7 Å². The lowest BCUT2D eigenvalue weighted by molar-refractivity contribution is -0.142. The Morgan fingerprint density at radius 3 is 2.67 bits per heavy atom. The van der Waals surface area contributed by atoms with E-state index in [0.29, 0.717) is 6.54 Å². The Morgan fingerprint density at radius 2 is 2.17 bits per heavy atom. The molecule has 1 aliphatic heterocycles. The molecule has 0 saturated carbocycles. The summed E-state index contributed by atoms with van der Waals surface area (Å²) in [4.78, 5) is 33.4. The molecule has 0 aromatic heterocycles. The second-order valence-corrected chi connectivity index (χ2v) is 4.45. The van der Waals surface area contributed by atoms with E-state index < -0.39 is 17.9 Å². The van der Waals surface area contributed by atoms with Gasteiger partial charge in [0.25, 0.3) is 0 Å². The van der Waals surface area contributed by atoms with Gasteiger partial charge in [-0.15, -0.1) is 0 Å². The molecular weight excluding hydrogens is 238 g/mol. The Morgan fingerprint density at radius 1 is 1.44 bits per heavy atom. The fourth-order valence-corrected chi connectivity index (χ4v) is 1.91. The van der Waals surface area contributed by atoms with Crippen molar-refractivity contribution in [2.45, 2.75) is 31.7 Å². The van der Waals surface area contributed by atoms with Gasteiger partial charge in [-0.05, 0) is 25.8 Å². The van der Waals surface area contributed by atoms with Crippen molar-refractivity contribution in [2.24, 2.45) is 11.7 Å². The van der Waals surface area contributed by atoms with Gasteiger partial charge in [0.1, 0.15) is 6.04 Å². The van der Waals surface area contributed by atoms with E-state index in [1.165, 1.54) is 0 Å². The van der Waals surface area contributed by atoms with Crippen molar-refractivity contribution >= 4 is 17.8 Å². The van der Waals surface area contributed by atoms with E-state index >= 15 is 0 Å². The molecule has 0 aromatic carbocycles. The smallest absolute Gasteiger partial charge is 0.326 e. The molecule has 1 fully saturated rings. The first kappa shape index (κ1) is 14.4. The minimum absolute atomic E-state index is 0.0244. The van der Waals surface area contributed by atoms with E-state index in [9.17, 15) is 14.4 Å². The minimum Gasteiger partial charge on any atom is -0.480 e. The molecule has 18 heavy (non-hydrogen) atoms. The average molecular weight is 257 g/mol. The van der Waals surface area contributed by atoms with Gasteiger partial charge in [-0.25, -0.2) is 4.79 Å². The monoisotopic (exact) mass is 257 g/mol. The summed E-state index contributed by atoms with van der Waals surface area (Å²) >= 11 is 0.